The lowest BCUT2D eigenvalue weighted by Gasteiger charge is -2.14. The summed E-state index contributed by atoms with van der Waals surface area (Å²) in [6.45, 7) is 1.89. The normalized spacial score (nSPS) is 19.4. The van der Waals surface area contributed by atoms with Gasteiger partial charge in [-0.05, 0) is 18.8 Å². The average molecular weight is 254 g/mol. The van der Waals surface area contributed by atoms with Gasteiger partial charge in [-0.1, -0.05) is 5.16 Å². The zero-order valence-corrected chi connectivity index (χ0v) is 10.5. The molecule has 0 spiro atoms. The second-order valence-corrected chi connectivity index (χ2v) is 4.53. The Bertz CT molecular complexity index is 405. The molecule has 1 aliphatic heterocycles. The van der Waals surface area contributed by atoms with Crippen molar-refractivity contribution in [2.45, 2.75) is 19.4 Å². The fourth-order valence-electron chi connectivity index (χ4n) is 2.22. The Labute approximate surface area is 106 Å². The first-order valence-electron chi connectivity index (χ1n) is 6.09. The fraction of sp³-hybridized carbons (Fsp3) is 0.667. The van der Waals surface area contributed by atoms with E-state index in [2.05, 4.69) is 5.16 Å². The Morgan fingerprint density at radius 2 is 2.56 bits per heavy atom. The largest absolute Gasteiger partial charge is 0.396 e. The van der Waals surface area contributed by atoms with Gasteiger partial charge in [0.1, 0.15) is 6.61 Å². The highest BCUT2D eigenvalue weighted by molar-refractivity contribution is 5.92. The summed E-state index contributed by atoms with van der Waals surface area (Å²) in [7, 11) is 1.56. The first-order chi connectivity index (χ1) is 8.74. The number of nitrogens with zero attached hydrogens (tertiary/aromatic N) is 2. The first-order valence-corrected chi connectivity index (χ1v) is 6.09. The summed E-state index contributed by atoms with van der Waals surface area (Å²) in [5.74, 6) is 0.831. The summed E-state index contributed by atoms with van der Waals surface area (Å²) in [6, 6.07) is 1.62. The van der Waals surface area contributed by atoms with E-state index in [0.717, 1.165) is 19.4 Å². The SMILES string of the molecule is COCc1cc(C(=O)N2CCC(CCO)C2)no1. The molecule has 100 valence electrons. The zero-order chi connectivity index (χ0) is 13.0. The van der Waals surface area contributed by atoms with Crippen LogP contribution < -0.4 is 0 Å². The molecule has 0 bridgehead atoms. The highest BCUT2D eigenvalue weighted by Gasteiger charge is 2.28. The number of hydrogen-bond acceptors (Lipinski definition) is 5. The minimum Gasteiger partial charge on any atom is -0.396 e. The fourth-order valence-corrected chi connectivity index (χ4v) is 2.22. The molecule has 6 nitrogen and oxygen atoms in total. The predicted molar refractivity (Wildman–Crippen MR) is 62.9 cm³/mol. The van der Waals surface area contributed by atoms with E-state index < -0.39 is 0 Å². The molecule has 1 aromatic heterocycles. The number of hydrogen-bond donors (Lipinski definition) is 1. The van der Waals surface area contributed by atoms with Crippen LogP contribution in [0.5, 0.6) is 0 Å². The molecule has 0 radical (unpaired) electrons. The lowest BCUT2D eigenvalue weighted by Crippen LogP contribution is -2.29. The van der Waals surface area contributed by atoms with E-state index in [9.17, 15) is 4.79 Å². The van der Waals surface area contributed by atoms with E-state index in [4.69, 9.17) is 14.4 Å². The van der Waals surface area contributed by atoms with E-state index in [-0.39, 0.29) is 12.5 Å². The third-order valence-electron chi connectivity index (χ3n) is 3.18. The number of ether oxygens (including phenoxy) is 1. The van der Waals surface area contributed by atoms with Gasteiger partial charge in [0.2, 0.25) is 0 Å². The van der Waals surface area contributed by atoms with Crippen LogP contribution >= 0.6 is 0 Å². The standard InChI is InChI=1S/C12H18N2O4/c1-17-8-10-6-11(13-18-10)12(16)14-4-2-9(7-14)3-5-15/h6,9,15H,2-5,7-8H2,1H3. The van der Waals surface area contributed by atoms with E-state index in [1.807, 2.05) is 0 Å². The van der Waals surface area contributed by atoms with Gasteiger partial charge in [0.15, 0.2) is 11.5 Å². The van der Waals surface area contributed by atoms with Gasteiger partial charge in [-0.3, -0.25) is 4.79 Å². The minimum absolute atomic E-state index is 0.110. The highest BCUT2D eigenvalue weighted by Crippen LogP contribution is 2.21. The van der Waals surface area contributed by atoms with Crippen LogP contribution in [-0.2, 0) is 11.3 Å². The summed E-state index contributed by atoms with van der Waals surface area (Å²) >= 11 is 0. The van der Waals surface area contributed by atoms with Gasteiger partial charge in [0, 0.05) is 32.9 Å². The van der Waals surface area contributed by atoms with Crippen molar-refractivity contribution in [1.82, 2.24) is 10.1 Å². The van der Waals surface area contributed by atoms with E-state index in [1.165, 1.54) is 0 Å². The molecule has 1 N–H and O–H groups in total. The predicted octanol–water partition coefficient (Wildman–Crippen LogP) is 0.665. The Balaban J connectivity index is 1.94. The molecule has 1 aromatic rings. The van der Waals surface area contributed by atoms with Gasteiger partial charge in [0.25, 0.3) is 5.91 Å². The minimum atomic E-state index is -0.110. The molecule has 1 aliphatic rings. The summed E-state index contributed by atoms with van der Waals surface area (Å²) in [6.07, 6.45) is 1.69. The molecule has 18 heavy (non-hydrogen) atoms. The van der Waals surface area contributed by atoms with Gasteiger partial charge in [-0.15, -0.1) is 0 Å². The summed E-state index contributed by atoms with van der Waals surface area (Å²) in [5, 5.41) is 12.6. The third-order valence-corrected chi connectivity index (χ3v) is 3.18. The Kier molecular flexibility index (Phi) is 4.33. The summed E-state index contributed by atoms with van der Waals surface area (Å²) < 4.78 is 9.91. The van der Waals surface area contributed by atoms with Crippen molar-refractivity contribution in [2.75, 3.05) is 26.8 Å². The lowest BCUT2D eigenvalue weighted by atomic mass is 10.1. The molecule has 2 heterocycles. The monoisotopic (exact) mass is 254 g/mol. The van der Waals surface area contributed by atoms with Crippen molar-refractivity contribution in [2.24, 2.45) is 5.92 Å². The third kappa shape index (κ3) is 2.88. The average Bonchev–Trinajstić information content (AvgIpc) is 2.98. The van der Waals surface area contributed by atoms with Crippen molar-refractivity contribution >= 4 is 5.91 Å². The number of aliphatic hydroxyl groups excluding tert-OH is 1. The van der Waals surface area contributed by atoms with Crippen molar-refractivity contribution in [3.63, 3.8) is 0 Å². The Morgan fingerprint density at radius 3 is 3.28 bits per heavy atom. The molecule has 6 heteroatoms. The number of methoxy groups -OCH3 is 1. The topological polar surface area (TPSA) is 75.8 Å². The van der Waals surface area contributed by atoms with Gasteiger partial charge < -0.3 is 19.3 Å². The number of rotatable bonds is 5. The molecule has 0 aliphatic carbocycles. The Morgan fingerprint density at radius 1 is 1.72 bits per heavy atom. The first kappa shape index (κ1) is 13.0. The second-order valence-electron chi connectivity index (χ2n) is 4.53. The van der Waals surface area contributed by atoms with Crippen LogP contribution in [0, 0.1) is 5.92 Å². The van der Waals surface area contributed by atoms with Gasteiger partial charge in [0.05, 0.1) is 0 Å². The number of carbonyl (C=O) groups excluding carboxylic acids is 1. The molecule has 1 amide bonds. The zero-order valence-electron chi connectivity index (χ0n) is 10.5. The van der Waals surface area contributed by atoms with Crippen molar-refractivity contribution < 1.29 is 19.2 Å². The van der Waals surface area contributed by atoms with Gasteiger partial charge in [-0.2, -0.15) is 0 Å². The van der Waals surface area contributed by atoms with Crippen LogP contribution in [0.4, 0.5) is 0 Å². The number of carbonyl (C=O) groups is 1. The van der Waals surface area contributed by atoms with Crippen molar-refractivity contribution in [3.8, 4) is 0 Å². The van der Waals surface area contributed by atoms with Crippen molar-refractivity contribution in [1.29, 1.82) is 0 Å². The van der Waals surface area contributed by atoms with E-state index in [1.54, 1.807) is 18.1 Å². The van der Waals surface area contributed by atoms with Crippen LogP contribution in [0.15, 0.2) is 10.6 Å². The molecule has 1 fully saturated rings. The van der Waals surface area contributed by atoms with Crippen molar-refractivity contribution in [3.05, 3.63) is 17.5 Å². The molecule has 2 rings (SSSR count). The Hall–Kier alpha value is -1.40. The number of likely N-dealkylation sites (tertiary alicyclic amines) is 1. The van der Waals surface area contributed by atoms with Crippen LogP contribution in [0.3, 0.4) is 0 Å². The number of aromatic nitrogens is 1. The van der Waals surface area contributed by atoms with Crippen LogP contribution in [0.1, 0.15) is 29.1 Å². The van der Waals surface area contributed by atoms with Crippen LogP contribution in [0.25, 0.3) is 0 Å². The maximum Gasteiger partial charge on any atom is 0.276 e. The molecular weight excluding hydrogens is 236 g/mol. The maximum atomic E-state index is 12.1. The number of aliphatic hydroxyl groups is 1. The number of amides is 1. The van der Waals surface area contributed by atoms with Crippen LogP contribution in [-0.4, -0.2) is 47.9 Å². The second kappa shape index (κ2) is 5.97. The summed E-state index contributed by atoms with van der Waals surface area (Å²) in [4.78, 5) is 13.9. The molecular formula is C12H18N2O4. The molecule has 0 aromatic carbocycles. The quantitative estimate of drug-likeness (QED) is 0.835. The molecule has 1 saturated heterocycles. The van der Waals surface area contributed by atoms with E-state index >= 15 is 0 Å². The maximum absolute atomic E-state index is 12.1. The lowest BCUT2D eigenvalue weighted by molar-refractivity contribution is 0.0774. The van der Waals surface area contributed by atoms with Gasteiger partial charge in [-0.25, -0.2) is 0 Å². The van der Waals surface area contributed by atoms with Gasteiger partial charge >= 0.3 is 0 Å². The molecule has 1 unspecified atom stereocenters. The highest BCUT2D eigenvalue weighted by atomic mass is 16.5. The molecule has 1 atom stereocenters. The van der Waals surface area contributed by atoms with E-state index in [0.29, 0.717) is 30.5 Å². The smallest absolute Gasteiger partial charge is 0.276 e. The molecule has 0 saturated carbocycles. The van der Waals surface area contributed by atoms with Crippen LogP contribution in [0.2, 0.25) is 0 Å². The summed E-state index contributed by atoms with van der Waals surface area (Å²) in [5.41, 5.74) is 0.326.